The second kappa shape index (κ2) is 5.91. The number of benzene rings is 1. The van der Waals surface area contributed by atoms with Crippen LogP contribution < -0.4 is 4.90 Å². The average molecular weight is 357 g/mol. The molecule has 0 unspecified atom stereocenters. The van der Waals surface area contributed by atoms with Gasteiger partial charge >= 0.3 is 0 Å². The SMILES string of the molecule is C=C(C)CSC1=N[C@@H]2CS(=O)(=O)C[C@@H]2N1c1ccc(Cl)cc1. The Hall–Kier alpha value is -0.980. The van der Waals surface area contributed by atoms with Crippen molar-refractivity contribution >= 4 is 44.1 Å². The first-order chi connectivity index (χ1) is 10.4. The van der Waals surface area contributed by atoms with Gasteiger partial charge in [0.1, 0.15) is 0 Å². The molecule has 0 N–H and O–H groups in total. The van der Waals surface area contributed by atoms with E-state index in [0.717, 1.165) is 22.2 Å². The number of sulfone groups is 1. The Morgan fingerprint density at radius 2 is 2.09 bits per heavy atom. The molecule has 4 nitrogen and oxygen atoms in total. The van der Waals surface area contributed by atoms with Crippen molar-refractivity contribution in [3.8, 4) is 0 Å². The molecule has 0 spiro atoms. The molecule has 0 aliphatic carbocycles. The first kappa shape index (κ1) is 15.9. The maximum atomic E-state index is 11.9. The topological polar surface area (TPSA) is 49.7 Å². The lowest BCUT2D eigenvalue weighted by atomic mass is 10.1. The van der Waals surface area contributed by atoms with Crippen LogP contribution in [0.25, 0.3) is 0 Å². The molecule has 0 radical (unpaired) electrons. The molecule has 2 aliphatic heterocycles. The van der Waals surface area contributed by atoms with Gasteiger partial charge in [-0.1, -0.05) is 35.5 Å². The van der Waals surface area contributed by atoms with Crippen LogP contribution in [0.15, 0.2) is 41.4 Å². The standard InChI is InChI=1S/C15H17ClN2O2S2/c1-10(2)7-21-15-17-13-8-22(19,20)9-14(13)18(15)12-5-3-11(16)4-6-12/h3-6,13-14H,1,7-9H2,2H3/t13-,14+/m1/s1. The van der Waals surface area contributed by atoms with Crippen LogP contribution in [0.2, 0.25) is 5.02 Å². The van der Waals surface area contributed by atoms with E-state index in [-0.39, 0.29) is 23.6 Å². The minimum atomic E-state index is -3.01. The highest BCUT2D eigenvalue weighted by Gasteiger charge is 2.47. The van der Waals surface area contributed by atoms with E-state index in [1.807, 2.05) is 36.1 Å². The quantitative estimate of drug-likeness (QED) is 0.781. The molecule has 1 aromatic rings. The van der Waals surface area contributed by atoms with Crippen LogP contribution in [0.1, 0.15) is 6.92 Å². The van der Waals surface area contributed by atoms with Crippen LogP contribution >= 0.6 is 23.4 Å². The first-order valence-corrected chi connectivity index (χ1v) is 10.1. The van der Waals surface area contributed by atoms with Crippen LogP contribution in [0.5, 0.6) is 0 Å². The number of hydrogen-bond donors (Lipinski definition) is 0. The molecule has 0 bridgehead atoms. The Kier molecular flexibility index (Phi) is 4.27. The molecule has 1 saturated heterocycles. The van der Waals surface area contributed by atoms with Gasteiger partial charge in [-0.3, -0.25) is 4.99 Å². The number of fused-ring (bicyclic) bond motifs is 1. The van der Waals surface area contributed by atoms with E-state index in [9.17, 15) is 8.42 Å². The Labute approximate surface area is 140 Å². The summed E-state index contributed by atoms with van der Waals surface area (Å²) in [6.07, 6.45) is 0. The summed E-state index contributed by atoms with van der Waals surface area (Å²) in [7, 11) is -3.01. The monoisotopic (exact) mass is 356 g/mol. The molecule has 7 heteroatoms. The van der Waals surface area contributed by atoms with Gasteiger partial charge in [-0.05, 0) is 31.2 Å². The number of amidine groups is 1. The van der Waals surface area contributed by atoms with E-state index in [4.69, 9.17) is 11.6 Å². The Bertz CT molecular complexity index is 728. The summed E-state index contributed by atoms with van der Waals surface area (Å²) in [5.74, 6) is 1.06. The maximum Gasteiger partial charge on any atom is 0.164 e. The zero-order valence-corrected chi connectivity index (χ0v) is 14.6. The van der Waals surface area contributed by atoms with Crippen molar-refractivity contribution in [3.05, 3.63) is 41.4 Å². The van der Waals surface area contributed by atoms with Crippen LogP contribution in [0.4, 0.5) is 5.69 Å². The van der Waals surface area contributed by atoms with Gasteiger partial charge in [0.2, 0.25) is 0 Å². The molecule has 22 heavy (non-hydrogen) atoms. The number of hydrogen-bond acceptors (Lipinski definition) is 5. The molecule has 0 amide bonds. The van der Waals surface area contributed by atoms with E-state index in [1.54, 1.807) is 11.8 Å². The van der Waals surface area contributed by atoms with Gasteiger partial charge < -0.3 is 4.90 Å². The van der Waals surface area contributed by atoms with Crippen molar-refractivity contribution in [2.75, 3.05) is 22.2 Å². The first-order valence-electron chi connectivity index (χ1n) is 6.96. The van der Waals surface area contributed by atoms with Crippen molar-refractivity contribution in [3.63, 3.8) is 0 Å². The Balaban J connectivity index is 1.93. The summed E-state index contributed by atoms with van der Waals surface area (Å²) in [5.41, 5.74) is 2.00. The molecular formula is C15H17ClN2O2S2. The summed E-state index contributed by atoms with van der Waals surface area (Å²) in [6, 6.07) is 7.16. The molecule has 3 rings (SSSR count). The highest BCUT2D eigenvalue weighted by Crippen LogP contribution is 2.35. The van der Waals surface area contributed by atoms with Gasteiger partial charge in [-0.25, -0.2) is 8.42 Å². The van der Waals surface area contributed by atoms with E-state index in [1.165, 1.54) is 0 Å². The summed E-state index contributed by atoms with van der Waals surface area (Å²) in [4.78, 5) is 6.69. The molecule has 2 aliphatic rings. The third-order valence-electron chi connectivity index (χ3n) is 3.66. The number of thioether (sulfide) groups is 1. The van der Waals surface area contributed by atoms with Crippen LogP contribution in [-0.4, -0.2) is 42.9 Å². The van der Waals surface area contributed by atoms with Gasteiger partial charge in [0.05, 0.1) is 23.6 Å². The van der Waals surface area contributed by atoms with Gasteiger partial charge in [-0.15, -0.1) is 0 Å². The normalized spacial score (nSPS) is 25.9. The van der Waals surface area contributed by atoms with Crippen LogP contribution in [-0.2, 0) is 9.84 Å². The molecule has 1 fully saturated rings. The van der Waals surface area contributed by atoms with Crippen molar-refractivity contribution in [2.45, 2.75) is 19.0 Å². The fourth-order valence-corrected chi connectivity index (χ4v) is 5.66. The summed E-state index contributed by atoms with van der Waals surface area (Å²) < 4.78 is 23.8. The summed E-state index contributed by atoms with van der Waals surface area (Å²) >= 11 is 7.56. The fraction of sp³-hybridized carbons (Fsp3) is 0.400. The lowest BCUT2D eigenvalue weighted by Gasteiger charge is -2.26. The summed E-state index contributed by atoms with van der Waals surface area (Å²) in [6.45, 7) is 5.89. The van der Waals surface area contributed by atoms with Crippen LogP contribution in [0, 0.1) is 0 Å². The maximum absolute atomic E-state index is 11.9. The van der Waals surface area contributed by atoms with Crippen LogP contribution in [0.3, 0.4) is 0 Å². The second-order valence-electron chi connectivity index (χ2n) is 5.72. The van der Waals surface area contributed by atoms with Gasteiger partial charge in [0, 0.05) is 16.5 Å². The fourth-order valence-electron chi connectivity index (χ4n) is 2.72. The number of rotatable bonds is 3. The van der Waals surface area contributed by atoms with Crippen molar-refractivity contribution < 1.29 is 8.42 Å². The highest BCUT2D eigenvalue weighted by molar-refractivity contribution is 8.14. The van der Waals surface area contributed by atoms with Crippen molar-refractivity contribution in [2.24, 2.45) is 4.99 Å². The van der Waals surface area contributed by atoms with E-state index < -0.39 is 9.84 Å². The van der Waals surface area contributed by atoms with Gasteiger partial charge in [0.15, 0.2) is 15.0 Å². The number of aliphatic imine (C=N–C) groups is 1. The smallest absolute Gasteiger partial charge is 0.164 e. The van der Waals surface area contributed by atoms with Crippen molar-refractivity contribution in [1.29, 1.82) is 0 Å². The minimum Gasteiger partial charge on any atom is -0.315 e. The minimum absolute atomic E-state index is 0.112. The van der Waals surface area contributed by atoms with E-state index in [2.05, 4.69) is 11.6 Å². The number of nitrogens with zero attached hydrogens (tertiary/aromatic N) is 2. The Morgan fingerprint density at radius 1 is 1.41 bits per heavy atom. The second-order valence-corrected chi connectivity index (χ2v) is 9.25. The van der Waals surface area contributed by atoms with Gasteiger partial charge in [-0.2, -0.15) is 0 Å². The molecule has 1 aromatic carbocycles. The predicted molar refractivity (Wildman–Crippen MR) is 94.9 cm³/mol. The predicted octanol–water partition coefficient (Wildman–Crippen LogP) is 2.99. The largest absolute Gasteiger partial charge is 0.315 e. The highest BCUT2D eigenvalue weighted by atomic mass is 35.5. The third-order valence-corrected chi connectivity index (χ3v) is 6.81. The van der Waals surface area contributed by atoms with Crippen molar-refractivity contribution in [1.82, 2.24) is 0 Å². The zero-order chi connectivity index (χ0) is 15.9. The molecule has 2 atom stereocenters. The molecule has 0 saturated carbocycles. The molecule has 0 aromatic heterocycles. The lowest BCUT2D eigenvalue weighted by molar-refractivity contribution is 0.601. The molecule has 118 valence electrons. The van der Waals surface area contributed by atoms with E-state index in [0.29, 0.717) is 5.02 Å². The average Bonchev–Trinajstić information content (AvgIpc) is 2.89. The molecule has 2 heterocycles. The van der Waals surface area contributed by atoms with E-state index >= 15 is 0 Å². The lowest BCUT2D eigenvalue weighted by Crippen LogP contribution is -2.39. The molecular weight excluding hydrogens is 340 g/mol. The number of halogens is 1. The zero-order valence-electron chi connectivity index (χ0n) is 12.2. The summed E-state index contributed by atoms with van der Waals surface area (Å²) in [5, 5.41) is 1.53. The van der Waals surface area contributed by atoms with Gasteiger partial charge in [0.25, 0.3) is 0 Å². The Morgan fingerprint density at radius 3 is 2.73 bits per heavy atom. The number of anilines is 1. The third kappa shape index (κ3) is 3.19.